The number of carbonyl (C=O) groups excluding carboxylic acids is 1. The summed E-state index contributed by atoms with van der Waals surface area (Å²) >= 11 is 6.45. The molecular formula is C31H49ClN2O2. The number of amides is 1. The van der Waals surface area contributed by atoms with Crippen LogP contribution >= 0.6 is 11.6 Å². The molecule has 1 N–H and O–H groups in total. The molecule has 202 valence electrons. The molecule has 4 nitrogen and oxygen atoms in total. The molecule has 1 aliphatic heterocycles. The summed E-state index contributed by atoms with van der Waals surface area (Å²) in [7, 11) is 0. The minimum absolute atomic E-state index is 0.0241. The van der Waals surface area contributed by atoms with E-state index in [1.807, 2.05) is 18.2 Å². The molecule has 0 unspecified atom stereocenters. The van der Waals surface area contributed by atoms with Crippen LogP contribution in [-0.2, 0) is 11.2 Å². The van der Waals surface area contributed by atoms with E-state index in [-0.39, 0.29) is 12.3 Å². The van der Waals surface area contributed by atoms with Gasteiger partial charge in [-0.25, -0.2) is 0 Å². The number of unbranched alkanes of at least 4 members (excludes halogenated alkanes) is 11. The number of hydrogen-bond acceptors (Lipinski definition) is 3. The molecule has 5 heteroatoms. The van der Waals surface area contributed by atoms with Crippen molar-refractivity contribution in [1.29, 1.82) is 0 Å². The SMILES string of the molecule is CCCCCCCCCCCCCCOc1ccc(CC(=O)NCC2=CN(CCC)CC=C2)c(Cl)c1. The Balaban J connectivity index is 1.55. The Morgan fingerprint density at radius 2 is 1.61 bits per heavy atom. The van der Waals surface area contributed by atoms with Crippen LogP contribution in [0.5, 0.6) is 5.75 Å². The molecular weight excluding hydrogens is 468 g/mol. The Morgan fingerprint density at radius 3 is 2.25 bits per heavy atom. The molecule has 36 heavy (non-hydrogen) atoms. The molecule has 0 saturated heterocycles. The third kappa shape index (κ3) is 13.4. The number of rotatable bonds is 20. The van der Waals surface area contributed by atoms with E-state index in [2.05, 4.69) is 42.4 Å². The largest absolute Gasteiger partial charge is 0.494 e. The van der Waals surface area contributed by atoms with Gasteiger partial charge in [-0.05, 0) is 36.1 Å². The lowest BCUT2D eigenvalue weighted by atomic mass is 10.1. The van der Waals surface area contributed by atoms with Gasteiger partial charge in [0.1, 0.15) is 5.75 Å². The highest BCUT2D eigenvalue weighted by atomic mass is 35.5. The van der Waals surface area contributed by atoms with E-state index < -0.39 is 0 Å². The fourth-order valence-electron chi connectivity index (χ4n) is 4.55. The van der Waals surface area contributed by atoms with Crippen molar-refractivity contribution in [1.82, 2.24) is 10.2 Å². The molecule has 1 heterocycles. The van der Waals surface area contributed by atoms with Crippen LogP contribution in [0.3, 0.4) is 0 Å². The van der Waals surface area contributed by atoms with Gasteiger partial charge >= 0.3 is 0 Å². The van der Waals surface area contributed by atoms with E-state index in [0.717, 1.165) is 42.8 Å². The molecule has 1 aromatic rings. The summed E-state index contributed by atoms with van der Waals surface area (Å²) in [6, 6.07) is 5.66. The molecule has 2 rings (SSSR count). The van der Waals surface area contributed by atoms with Crippen LogP contribution in [0.2, 0.25) is 5.02 Å². The van der Waals surface area contributed by atoms with Gasteiger partial charge < -0.3 is 15.0 Å². The number of benzene rings is 1. The van der Waals surface area contributed by atoms with Crippen molar-refractivity contribution in [3.63, 3.8) is 0 Å². The zero-order valence-electron chi connectivity index (χ0n) is 22.8. The van der Waals surface area contributed by atoms with Gasteiger partial charge in [0.05, 0.1) is 13.0 Å². The van der Waals surface area contributed by atoms with Gasteiger partial charge in [0.15, 0.2) is 0 Å². The zero-order valence-corrected chi connectivity index (χ0v) is 23.6. The second kappa shape index (κ2) is 19.2. The summed E-state index contributed by atoms with van der Waals surface area (Å²) in [5.74, 6) is 0.754. The topological polar surface area (TPSA) is 41.6 Å². The number of nitrogens with one attached hydrogen (secondary N) is 1. The summed E-state index contributed by atoms with van der Waals surface area (Å²) in [5, 5.41) is 3.60. The van der Waals surface area contributed by atoms with Gasteiger partial charge in [-0.1, -0.05) is 114 Å². The average molecular weight is 517 g/mol. The predicted octanol–water partition coefficient (Wildman–Crippen LogP) is 8.24. The summed E-state index contributed by atoms with van der Waals surface area (Å²) in [4.78, 5) is 14.7. The van der Waals surface area contributed by atoms with Crippen LogP contribution in [0.25, 0.3) is 0 Å². The lowest BCUT2D eigenvalue weighted by Gasteiger charge is -2.22. The van der Waals surface area contributed by atoms with Gasteiger partial charge in [-0.2, -0.15) is 0 Å². The quantitative estimate of drug-likeness (QED) is 0.177. The van der Waals surface area contributed by atoms with Gasteiger partial charge in [-0.15, -0.1) is 0 Å². The average Bonchev–Trinajstić information content (AvgIpc) is 2.87. The van der Waals surface area contributed by atoms with E-state index in [0.29, 0.717) is 18.2 Å². The van der Waals surface area contributed by atoms with E-state index in [4.69, 9.17) is 16.3 Å². The first kappa shape index (κ1) is 30.3. The molecule has 0 aromatic heterocycles. The van der Waals surface area contributed by atoms with Gasteiger partial charge in [0.2, 0.25) is 5.91 Å². The van der Waals surface area contributed by atoms with Gasteiger partial charge in [-0.3, -0.25) is 4.79 Å². The Labute approximate surface area is 225 Å². The Morgan fingerprint density at radius 1 is 0.944 bits per heavy atom. The molecule has 0 aliphatic carbocycles. The van der Waals surface area contributed by atoms with Gasteiger partial charge in [0.25, 0.3) is 0 Å². The standard InChI is InChI=1S/C31H49ClN2O2/c1-3-5-6-7-8-9-10-11-12-13-14-15-22-36-29-19-18-28(30(32)24-29)23-31(35)33-25-27-17-16-21-34(26-27)20-4-2/h16-19,24,26H,3-15,20-23,25H2,1-2H3,(H,33,35). The highest BCUT2D eigenvalue weighted by Gasteiger charge is 2.10. The second-order valence-corrected chi connectivity index (χ2v) is 10.5. The Hall–Kier alpha value is -1.94. The van der Waals surface area contributed by atoms with Crippen molar-refractivity contribution in [3.05, 3.63) is 52.7 Å². The molecule has 0 atom stereocenters. The first-order valence-electron chi connectivity index (χ1n) is 14.4. The lowest BCUT2D eigenvalue weighted by molar-refractivity contribution is -0.120. The van der Waals surface area contributed by atoms with Crippen molar-refractivity contribution in [3.8, 4) is 5.75 Å². The highest BCUT2D eigenvalue weighted by Crippen LogP contribution is 2.23. The number of hydrogen-bond donors (Lipinski definition) is 1. The maximum Gasteiger partial charge on any atom is 0.224 e. The van der Waals surface area contributed by atoms with Crippen LogP contribution in [0, 0.1) is 0 Å². The molecule has 0 radical (unpaired) electrons. The smallest absolute Gasteiger partial charge is 0.224 e. The van der Waals surface area contributed by atoms with E-state index >= 15 is 0 Å². The predicted molar refractivity (Wildman–Crippen MR) is 154 cm³/mol. The summed E-state index contributed by atoms with van der Waals surface area (Å²) < 4.78 is 5.89. The number of carbonyl (C=O) groups is 1. The molecule has 0 spiro atoms. The Bertz CT molecular complexity index is 806. The van der Waals surface area contributed by atoms with Crippen LogP contribution < -0.4 is 10.1 Å². The molecule has 1 aliphatic rings. The minimum atomic E-state index is -0.0241. The lowest BCUT2D eigenvalue weighted by Crippen LogP contribution is -2.29. The number of nitrogens with zero attached hydrogens (tertiary/aromatic N) is 1. The zero-order chi connectivity index (χ0) is 25.8. The van der Waals surface area contributed by atoms with Crippen LogP contribution in [0.1, 0.15) is 103 Å². The van der Waals surface area contributed by atoms with Crippen molar-refractivity contribution < 1.29 is 9.53 Å². The van der Waals surface area contributed by atoms with Crippen LogP contribution in [0.15, 0.2) is 42.1 Å². The third-order valence-corrected chi connectivity index (χ3v) is 7.01. The van der Waals surface area contributed by atoms with Crippen LogP contribution in [-0.4, -0.2) is 37.0 Å². The van der Waals surface area contributed by atoms with Crippen molar-refractivity contribution in [2.24, 2.45) is 0 Å². The number of ether oxygens (including phenoxy) is 1. The van der Waals surface area contributed by atoms with Crippen molar-refractivity contribution >= 4 is 17.5 Å². The van der Waals surface area contributed by atoms with E-state index in [1.165, 1.54) is 70.6 Å². The molecule has 0 saturated carbocycles. The van der Waals surface area contributed by atoms with Gasteiger partial charge in [0, 0.05) is 30.9 Å². The fourth-order valence-corrected chi connectivity index (χ4v) is 4.79. The molecule has 1 aromatic carbocycles. The molecule has 0 bridgehead atoms. The third-order valence-electron chi connectivity index (χ3n) is 6.66. The monoisotopic (exact) mass is 516 g/mol. The first-order valence-corrected chi connectivity index (χ1v) is 14.8. The first-order chi connectivity index (χ1) is 17.6. The summed E-state index contributed by atoms with van der Waals surface area (Å²) in [5.41, 5.74) is 1.95. The van der Waals surface area contributed by atoms with E-state index in [1.54, 1.807) is 0 Å². The van der Waals surface area contributed by atoms with Crippen LogP contribution in [0.4, 0.5) is 0 Å². The Kier molecular flexibility index (Phi) is 16.2. The highest BCUT2D eigenvalue weighted by molar-refractivity contribution is 6.31. The normalized spacial score (nSPS) is 13.1. The second-order valence-electron chi connectivity index (χ2n) is 10.0. The maximum atomic E-state index is 12.4. The molecule has 0 fully saturated rings. The van der Waals surface area contributed by atoms with Crippen molar-refractivity contribution in [2.45, 2.75) is 104 Å². The minimum Gasteiger partial charge on any atom is -0.494 e. The summed E-state index contributed by atoms with van der Waals surface area (Å²) in [6.45, 7) is 7.67. The summed E-state index contributed by atoms with van der Waals surface area (Å²) in [6.07, 6.45) is 23.8. The fraction of sp³-hybridized carbons (Fsp3) is 0.645. The molecule has 1 amide bonds. The van der Waals surface area contributed by atoms with E-state index in [9.17, 15) is 4.79 Å². The van der Waals surface area contributed by atoms with Crippen molar-refractivity contribution in [2.75, 3.05) is 26.2 Å². The number of halogens is 1. The maximum absolute atomic E-state index is 12.4.